The zero-order chi connectivity index (χ0) is 13.3. The largest absolute Gasteiger partial charge is 0.398 e. The number of benzene rings is 1. The van der Waals surface area contributed by atoms with Gasteiger partial charge in [0.2, 0.25) is 10.0 Å². The van der Waals surface area contributed by atoms with E-state index in [0.717, 1.165) is 18.7 Å². The summed E-state index contributed by atoms with van der Waals surface area (Å²) in [6.07, 6.45) is 3.43. The highest BCUT2D eigenvalue weighted by molar-refractivity contribution is 7.89. The SMILES string of the molecule is CCCN(c1ccc(S(N)(=O)=O)c(N)c1)C1CC1. The summed E-state index contributed by atoms with van der Waals surface area (Å²) in [6, 6.07) is 5.55. The highest BCUT2D eigenvalue weighted by Gasteiger charge is 2.29. The summed E-state index contributed by atoms with van der Waals surface area (Å²) in [6.45, 7) is 3.08. The third kappa shape index (κ3) is 2.76. The van der Waals surface area contributed by atoms with E-state index in [4.69, 9.17) is 10.9 Å². The Hall–Kier alpha value is -1.27. The molecular weight excluding hydrogens is 250 g/mol. The molecule has 1 aliphatic rings. The highest BCUT2D eigenvalue weighted by Crippen LogP contribution is 2.33. The monoisotopic (exact) mass is 269 g/mol. The van der Waals surface area contributed by atoms with Gasteiger partial charge in [0.05, 0.1) is 5.69 Å². The van der Waals surface area contributed by atoms with Gasteiger partial charge in [0.15, 0.2) is 0 Å². The van der Waals surface area contributed by atoms with E-state index in [1.807, 2.05) is 0 Å². The number of nitrogen functional groups attached to an aromatic ring is 1. The van der Waals surface area contributed by atoms with Crippen molar-refractivity contribution in [2.45, 2.75) is 37.1 Å². The van der Waals surface area contributed by atoms with Gasteiger partial charge in [-0.25, -0.2) is 13.6 Å². The molecule has 1 saturated carbocycles. The summed E-state index contributed by atoms with van der Waals surface area (Å²) in [5.74, 6) is 0. The van der Waals surface area contributed by atoms with Crippen molar-refractivity contribution >= 4 is 21.4 Å². The van der Waals surface area contributed by atoms with Crippen molar-refractivity contribution in [1.29, 1.82) is 0 Å². The molecule has 0 bridgehead atoms. The standard InChI is InChI=1S/C12H19N3O2S/c1-2-7-15(9-3-4-9)10-5-6-12(11(13)8-10)18(14,16)17/h5-6,8-9H,2-4,7,13H2,1H3,(H2,14,16,17). The number of primary sulfonamides is 1. The molecule has 0 aromatic heterocycles. The van der Waals surface area contributed by atoms with Crippen LogP contribution in [0.25, 0.3) is 0 Å². The average molecular weight is 269 g/mol. The molecule has 0 radical (unpaired) electrons. The van der Waals surface area contributed by atoms with Crippen LogP contribution < -0.4 is 15.8 Å². The molecule has 1 aromatic carbocycles. The molecule has 0 unspecified atom stereocenters. The molecule has 0 atom stereocenters. The minimum atomic E-state index is -3.74. The second kappa shape index (κ2) is 4.78. The lowest BCUT2D eigenvalue weighted by Crippen LogP contribution is -2.26. The molecule has 100 valence electrons. The predicted octanol–water partition coefficient (Wildman–Crippen LogP) is 1.29. The fourth-order valence-electron chi connectivity index (χ4n) is 2.12. The van der Waals surface area contributed by atoms with Gasteiger partial charge in [-0.2, -0.15) is 0 Å². The molecule has 2 rings (SSSR count). The third-order valence-electron chi connectivity index (χ3n) is 3.08. The third-order valence-corrected chi connectivity index (χ3v) is 4.07. The maximum atomic E-state index is 11.3. The summed E-state index contributed by atoms with van der Waals surface area (Å²) in [7, 11) is -3.74. The molecule has 0 aliphatic heterocycles. The second-order valence-electron chi connectivity index (χ2n) is 4.69. The zero-order valence-electron chi connectivity index (χ0n) is 10.5. The highest BCUT2D eigenvalue weighted by atomic mass is 32.2. The number of nitrogens with zero attached hydrogens (tertiary/aromatic N) is 1. The van der Waals surface area contributed by atoms with Crippen LogP contribution in [-0.4, -0.2) is 21.0 Å². The van der Waals surface area contributed by atoms with Crippen LogP contribution in [0.3, 0.4) is 0 Å². The Kier molecular flexibility index (Phi) is 3.49. The van der Waals surface area contributed by atoms with E-state index < -0.39 is 10.0 Å². The van der Waals surface area contributed by atoms with Gasteiger partial charge < -0.3 is 10.6 Å². The molecule has 4 N–H and O–H groups in total. The molecule has 18 heavy (non-hydrogen) atoms. The van der Waals surface area contributed by atoms with Gasteiger partial charge in [-0.3, -0.25) is 0 Å². The minimum Gasteiger partial charge on any atom is -0.398 e. The Bertz CT molecular complexity index is 538. The van der Waals surface area contributed by atoms with Crippen LogP contribution in [0.4, 0.5) is 11.4 Å². The first-order chi connectivity index (χ1) is 8.43. The normalized spacial score (nSPS) is 15.7. The topological polar surface area (TPSA) is 89.4 Å². The maximum Gasteiger partial charge on any atom is 0.240 e. The Labute approximate surface area is 108 Å². The van der Waals surface area contributed by atoms with Gasteiger partial charge in [0, 0.05) is 18.3 Å². The number of nitrogens with two attached hydrogens (primary N) is 2. The Morgan fingerprint density at radius 3 is 2.50 bits per heavy atom. The van der Waals surface area contributed by atoms with Crippen LogP contribution in [0.15, 0.2) is 23.1 Å². The van der Waals surface area contributed by atoms with Crippen LogP contribution in [0.2, 0.25) is 0 Å². The molecule has 0 spiro atoms. The Morgan fingerprint density at radius 2 is 2.06 bits per heavy atom. The van der Waals surface area contributed by atoms with Crippen LogP contribution in [0, 0.1) is 0 Å². The van der Waals surface area contributed by atoms with Crippen molar-refractivity contribution in [1.82, 2.24) is 0 Å². The van der Waals surface area contributed by atoms with Crippen LogP contribution in [0.1, 0.15) is 26.2 Å². The Balaban J connectivity index is 2.32. The van der Waals surface area contributed by atoms with Crippen molar-refractivity contribution in [3.63, 3.8) is 0 Å². The van der Waals surface area contributed by atoms with Gasteiger partial charge in [0.25, 0.3) is 0 Å². The number of sulfonamides is 1. The van der Waals surface area contributed by atoms with Crippen molar-refractivity contribution in [3.05, 3.63) is 18.2 Å². The van der Waals surface area contributed by atoms with E-state index >= 15 is 0 Å². The van der Waals surface area contributed by atoms with Crippen LogP contribution in [0.5, 0.6) is 0 Å². The first-order valence-corrected chi connectivity index (χ1v) is 7.67. The quantitative estimate of drug-likeness (QED) is 0.788. The molecule has 0 saturated heterocycles. The maximum absolute atomic E-state index is 11.3. The van der Waals surface area contributed by atoms with Gasteiger partial charge in [-0.1, -0.05) is 6.92 Å². The molecule has 6 heteroatoms. The fraction of sp³-hybridized carbons (Fsp3) is 0.500. The van der Waals surface area contributed by atoms with Gasteiger partial charge >= 0.3 is 0 Å². The lowest BCUT2D eigenvalue weighted by Gasteiger charge is -2.24. The summed E-state index contributed by atoms with van der Waals surface area (Å²) in [5, 5.41) is 5.09. The summed E-state index contributed by atoms with van der Waals surface area (Å²) in [4.78, 5) is 2.28. The van der Waals surface area contributed by atoms with E-state index in [9.17, 15) is 8.42 Å². The van der Waals surface area contributed by atoms with E-state index in [1.54, 1.807) is 12.1 Å². The number of rotatable bonds is 5. The molecular formula is C12H19N3O2S. The summed E-state index contributed by atoms with van der Waals surface area (Å²) < 4.78 is 22.6. The number of hydrogen-bond donors (Lipinski definition) is 2. The molecule has 0 heterocycles. The number of hydrogen-bond acceptors (Lipinski definition) is 4. The average Bonchev–Trinajstić information content (AvgIpc) is 3.07. The van der Waals surface area contributed by atoms with E-state index in [2.05, 4.69) is 11.8 Å². The van der Waals surface area contributed by atoms with E-state index in [0.29, 0.717) is 6.04 Å². The first kappa shape index (κ1) is 13.2. The minimum absolute atomic E-state index is 0.00139. The van der Waals surface area contributed by atoms with E-state index in [-0.39, 0.29) is 10.6 Å². The van der Waals surface area contributed by atoms with E-state index in [1.165, 1.54) is 18.9 Å². The van der Waals surface area contributed by atoms with Crippen molar-refractivity contribution in [2.75, 3.05) is 17.2 Å². The zero-order valence-corrected chi connectivity index (χ0v) is 11.3. The van der Waals surface area contributed by atoms with Crippen molar-refractivity contribution in [2.24, 2.45) is 5.14 Å². The molecule has 0 amide bonds. The van der Waals surface area contributed by atoms with Crippen molar-refractivity contribution in [3.8, 4) is 0 Å². The lowest BCUT2D eigenvalue weighted by molar-refractivity contribution is 0.598. The second-order valence-corrected chi connectivity index (χ2v) is 6.22. The smallest absolute Gasteiger partial charge is 0.240 e. The molecule has 5 nitrogen and oxygen atoms in total. The fourth-order valence-corrected chi connectivity index (χ4v) is 2.77. The lowest BCUT2D eigenvalue weighted by atomic mass is 10.2. The van der Waals surface area contributed by atoms with Gasteiger partial charge in [0.1, 0.15) is 4.90 Å². The van der Waals surface area contributed by atoms with Gasteiger partial charge in [-0.05, 0) is 37.5 Å². The van der Waals surface area contributed by atoms with Gasteiger partial charge in [-0.15, -0.1) is 0 Å². The summed E-state index contributed by atoms with van der Waals surface area (Å²) >= 11 is 0. The molecule has 1 aromatic rings. The molecule has 1 fully saturated rings. The first-order valence-electron chi connectivity index (χ1n) is 6.12. The number of anilines is 2. The predicted molar refractivity (Wildman–Crippen MR) is 72.9 cm³/mol. The Morgan fingerprint density at radius 1 is 1.39 bits per heavy atom. The van der Waals surface area contributed by atoms with Crippen LogP contribution >= 0.6 is 0 Å². The van der Waals surface area contributed by atoms with Crippen LogP contribution in [-0.2, 0) is 10.0 Å². The summed E-state index contributed by atoms with van der Waals surface area (Å²) in [5.41, 5.74) is 6.97. The molecule has 1 aliphatic carbocycles. The van der Waals surface area contributed by atoms with Crippen molar-refractivity contribution < 1.29 is 8.42 Å².